The average molecular weight is 343 g/mol. The Bertz CT molecular complexity index is 690. The van der Waals surface area contributed by atoms with Crippen molar-refractivity contribution < 1.29 is 13.5 Å². The van der Waals surface area contributed by atoms with Crippen LogP contribution in [0.1, 0.15) is 45.4 Å². The summed E-state index contributed by atoms with van der Waals surface area (Å²) in [6, 6.07) is 12.0. The molecule has 1 saturated carbocycles. The summed E-state index contributed by atoms with van der Waals surface area (Å²) in [6.07, 6.45) is 7.65. The highest BCUT2D eigenvalue weighted by Gasteiger charge is 2.21. The maximum Gasteiger partial charge on any atom is 0.133 e. The molecule has 0 N–H and O–H groups in total. The third kappa shape index (κ3) is 4.81. The van der Waals surface area contributed by atoms with Crippen LogP contribution in [0.15, 0.2) is 36.4 Å². The summed E-state index contributed by atoms with van der Waals surface area (Å²) in [5.74, 6) is 0.965. The van der Waals surface area contributed by atoms with E-state index in [0.717, 1.165) is 12.0 Å². The van der Waals surface area contributed by atoms with Crippen molar-refractivity contribution in [2.45, 2.75) is 45.4 Å². The second-order valence-corrected chi connectivity index (χ2v) is 7.05. The Morgan fingerprint density at radius 3 is 2.52 bits per heavy atom. The summed E-state index contributed by atoms with van der Waals surface area (Å²) in [7, 11) is 0. The highest BCUT2D eigenvalue weighted by atomic mass is 19.1. The largest absolute Gasteiger partial charge is 0.493 e. The van der Waals surface area contributed by atoms with Crippen molar-refractivity contribution in [3.05, 3.63) is 54.1 Å². The lowest BCUT2D eigenvalue weighted by Gasteiger charge is -2.28. The second-order valence-electron chi connectivity index (χ2n) is 7.05. The Morgan fingerprint density at radius 2 is 1.80 bits per heavy atom. The zero-order chi connectivity index (χ0) is 17.6. The van der Waals surface area contributed by atoms with Crippen LogP contribution in [0.5, 0.6) is 5.75 Å². The quantitative estimate of drug-likeness (QED) is 0.588. The Kier molecular flexibility index (Phi) is 6.06. The predicted molar refractivity (Wildman–Crippen MR) is 96.5 cm³/mol. The van der Waals surface area contributed by atoms with Crippen molar-refractivity contribution in [1.29, 1.82) is 0 Å². The zero-order valence-corrected chi connectivity index (χ0v) is 14.7. The number of rotatable bonds is 6. The lowest BCUT2D eigenvalue weighted by molar-refractivity contribution is 0.178. The van der Waals surface area contributed by atoms with Gasteiger partial charge in [-0.15, -0.1) is 0 Å². The molecule has 3 heteroatoms. The molecule has 2 aromatic carbocycles. The van der Waals surface area contributed by atoms with Crippen molar-refractivity contribution in [1.82, 2.24) is 0 Å². The normalized spacial score (nSPS) is 20.4. The van der Waals surface area contributed by atoms with Crippen LogP contribution in [0.4, 0.5) is 8.78 Å². The molecule has 0 amide bonds. The van der Waals surface area contributed by atoms with Crippen LogP contribution in [0.3, 0.4) is 0 Å². The lowest BCUT2D eigenvalue weighted by Crippen LogP contribution is -2.20. The minimum Gasteiger partial charge on any atom is -0.493 e. The Balaban J connectivity index is 1.59. The molecule has 1 radical (unpaired) electrons. The SMILES string of the molecule is CCCC1CCC(COc2[c]ccc(-c3ccc(F)cc3F)c2)CC1. The van der Waals surface area contributed by atoms with Gasteiger partial charge < -0.3 is 4.74 Å². The van der Waals surface area contributed by atoms with Crippen molar-refractivity contribution in [3.63, 3.8) is 0 Å². The first-order valence-corrected chi connectivity index (χ1v) is 9.25. The van der Waals surface area contributed by atoms with Gasteiger partial charge in [-0.1, -0.05) is 38.7 Å². The molecule has 1 aliphatic rings. The molecule has 0 aromatic heterocycles. The van der Waals surface area contributed by atoms with Crippen LogP contribution in [-0.4, -0.2) is 6.61 Å². The van der Waals surface area contributed by atoms with E-state index in [-0.39, 0.29) is 0 Å². The topological polar surface area (TPSA) is 9.23 Å². The van der Waals surface area contributed by atoms with Gasteiger partial charge in [0, 0.05) is 17.7 Å². The number of benzene rings is 2. The molecule has 0 atom stereocenters. The van der Waals surface area contributed by atoms with E-state index in [4.69, 9.17) is 4.74 Å². The lowest BCUT2D eigenvalue weighted by atomic mass is 9.80. The summed E-state index contributed by atoms with van der Waals surface area (Å²) >= 11 is 0. The first-order chi connectivity index (χ1) is 12.2. The van der Waals surface area contributed by atoms with Crippen LogP contribution in [0.25, 0.3) is 11.1 Å². The van der Waals surface area contributed by atoms with Gasteiger partial charge in [0.25, 0.3) is 0 Å². The zero-order valence-electron chi connectivity index (χ0n) is 14.7. The summed E-state index contributed by atoms with van der Waals surface area (Å²) in [5.41, 5.74) is 1.05. The van der Waals surface area contributed by atoms with Crippen LogP contribution in [0.2, 0.25) is 0 Å². The van der Waals surface area contributed by atoms with E-state index in [1.54, 1.807) is 18.2 Å². The van der Waals surface area contributed by atoms with Crippen LogP contribution >= 0.6 is 0 Å². The highest BCUT2D eigenvalue weighted by molar-refractivity contribution is 5.65. The fourth-order valence-corrected chi connectivity index (χ4v) is 3.72. The monoisotopic (exact) mass is 343 g/mol. The Labute approximate surface area is 149 Å². The highest BCUT2D eigenvalue weighted by Crippen LogP contribution is 2.32. The molecule has 25 heavy (non-hydrogen) atoms. The van der Waals surface area contributed by atoms with Crippen molar-refractivity contribution in [2.24, 2.45) is 11.8 Å². The van der Waals surface area contributed by atoms with E-state index in [0.29, 0.717) is 29.4 Å². The molecule has 2 aromatic rings. The van der Waals surface area contributed by atoms with E-state index < -0.39 is 11.6 Å². The van der Waals surface area contributed by atoms with Gasteiger partial charge in [0.05, 0.1) is 6.61 Å². The maximum absolute atomic E-state index is 14.0. The molecule has 0 bridgehead atoms. The molecule has 0 heterocycles. The molecule has 133 valence electrons. The fraction of sp³-hybridized carbons (Fsp3) is 0.455. The van der Waals surface area contributed by atoms with Gasteiger partial charge in [0.15, 0.2) is 0 Å². The molecular formula is C22H25F2O. The van der Waals surface area contributed by atoms with Gasteiger partial charge in [-0.2, -0.15) is 0 Å². The number of hydrogen-bond acceptors (Lipinski definition) is 1. The molecule has 1 fully saturated rings. The van der Waals surface area contributed by atoms with E-state index in [9.17, 15) is 8.78 Å². The van der Waals surface area contributed by atoms with E-state index >= 15 is 0 Å². The summed E-state index contributed by atoms with van der Waals surface area (Å²) < 4.78 is 32.9. The van der Waals surface area contributed by atoms with E-state index in [1.807, 2.05) is 0 Å². The third-order valence-corrected chi connectivity index (χ3v) is 5.16. The van der Waals surface area contributed by atoms with Gasteiger partial charge in [0.1, 0.15) is 17.4 Å². The third-order valence-electron chi connectivity index (χ3n) is 5.16. The number of ether oxygens (including phenoxy) is 1. The van der Waals surface area contributed by atoms with Crippen molar-refractivity contribution in [2.75, 3.05) is 6.61 Å². The Hall–Kier alpha value is -1.90. The fourth-order valence-electron chi connectivity index (χ4n) is 3.72. The molecule has 1 aliphatic carbocycles. The number of hydrogen-bond donors (Lipinski definition) is 0. The molecule has 0 spiro atoms. The van der Waals surface area contributed by atoms with Crippen LogP contribution < -0.4 is 4.74 Å². The first-order valence-electron chi connectivity index (χ1n) is 9.25. The van der Waals surface area contributed by atoms with Gasteiger partial charge in [-0.25, -0.2) is 8.78 Å². The van der Waals surface area contributed by atoms with Crippen LogP contribution in [-0.2, 0) is 0 Å². The maximum atomic E-state index is 14.0. The summed E-state index contributed by atoms with van der Waals surface area (Å²) in [6.45, 7) is 2.94. The van der Waals surface area contributed by atoms with Crippen LogP contribution in [0, 0.1) is 29.5 Å². The smallest absolute Gasteiger partial charge is 0.133 e. The summed E-state index contributed by atoms with van der Waals surface area (Å²) in [4.78, 5) is 0. The van der Waals surface area contributed by atoms with E-state index in [2.05, 4.69) is 13.0 Å². The second kappa shape index (κ2) is 8.46. The van der Waals surface area contributed by atoms with Gasteiger partial charge in [0.2, 0.25) is 0 Å². The average Bonchev–Trinajstić information content (AvgIpc) is 2.62. The first kappa shape index (κ1) is 17.9. The molecule has 0 saturated heterocycles. The van der Waals surface area contributed by atoms with Gasteiger partial charge in [-0.05, 0) is 54.5 Å². The van der Waals surface area contributed by atoms with Gasteiger partial charge in [-0.3, -0.25) is 0 Å². The van der Waals surface area contributed by atoms with E-state index in [1.165, 1.54) is 50.7 Å². The predicted octanol–water partition coefficient (Wildman–Crippen LogP) is 6.42. The molecular weight excluding hydrogens is 318 g/mol. The number of halogens is 2. The Morgan fingerprint density at radius 1 is 1.04 bits per heavy atom. The summed E-state index contributed by atoms with van der Waals surface area (Å²) in [5, 5.41) is 0. The molecule has 0 unspecified atom stereocenters. The van der Waals surface area contributed by atoms with Crippen molar-refractivity contribution in [3.8, 4) is 16.9 Å². The minimum absolute atomic E-state index is 0.375. The molecule has 0 aliphatic heterocycles. The standard InChI is InChI=1S/C22H25F2O/c1-2-4-16-7-9-17(10-8-16)15-25-20-6-3-5-18(13-20)21-12-11-19(23)14-22(21)24/h3,5,11-14,16-17H,2,4,7-10,15H2,1H3. The van der Waals surface area contributed by atoms with Gasteiger partial charge >= 0.3 is 0 Å². The molecule has 1 nitrogen and oxygen atoms in total. The minimum atomic E-state index is -0.570. The van der Waals surface area contributed by atoms with Crippen molar-refractivity contribution >= 4 is 0 Å². The molecule has 3 rings (SSSR count).